The number of piperidine rings is 1. The normalized spacial score (nSPS) is 19.4. The maximum atomic E-state index is 13.0. The molecule has 8 nitrogen and oxygen atoms in total. The van der Waals surface area contributed by atoms with Gasteiger partial charge in [-0.25, -0.2) is 9.69 Å². The molecule has 5 rings (SSSR count). The summed E-state index contributed by atoms with van der Waals surface area (Å²) >= 11 is 0. The van der Waals surface area contributed by atoms with Crippen LogP contribution in [0.2, 0.25) is 0 Å². The molecule has 1 saturated heterocycles. The van der Waals surface area contributed by atoms with Crippen LogP contribution in [0.5, 0.6) is 0 Å². The van der Waals surface area contributed by atoms with E-state index >= 15 is 0 Å². The highest BCUT2D eigenvalue weighted by atomic mass is 16.6. The fourth-order valence-electron chi connectivity index (χ4n) is 5.00. The van der Waals surface area contributed by atoms with E-state index in [0.29, 0.717) is 36.0 Å². The minimum Gasteiger partial charge on any atom is -0.444 e. The molecule has 0 radical (unpaired) electrons. The number of nitrogens with zero attached hydrogens (tertiary/aromatic N) is 4. The van der Waals surface area contributed by atoms with Gasteiger partial charge in [0.2, 0.25) is 0 Å². The van der Waals surface area contributed by atoms with Crippen LogP contribution in [0.15, 0.2) is 30.3 Å². The molecule has 34 heavy (non-hydrogen) atoms. The topological polar surface area (TPSA) is 84.7 Å². The van der Waals surface area contributed by atoms with Crippen LogP contribution in [0.25, 0.3) is 0 Å². The molecule has 1 aromatic carbocycles. The number of amides is 3. The third-order valence-electron chi connectivity index (χ3n) is 7.04. The van der Waals surface area contributed by atoms with Gasteiger partial charge >= 0.3 is 6.09 Å². The van der Waals surface area contributed by atoms with Crippen LogP contribution < -0.4 is 4.90 Å². The van der Waals surface area contributed by atoms with Crippen LogP contribution in [-0.2, 0) is 11.3 Å². The molecular formula is C26H32N4O4. The number of hydrogen-bond donors (Lipinski definition) is 0. The Hall–Kier alpha value is -3.16. The van der Waals surface area contributed by atoms with Gasteiger partial charge in [-0.1, -0.05) is 18.6 Å². The number of ether oxygens (including phenoxy) is 1. The second-order valence-corrected chi connectivity index (χ2v) is 10.6. The summed E-state index contributed by atoms with van der Waals surface area (Å²) in [4.78, 5) is 41.5. The van der Waals surface area contributed by atoms with E-state index in [4.69, 9.17) is 9.84 Å². The Bertz CT molecular complexity index is 1090. The first-order chi connectivity index (χ1) is 16.2. The summed E-state index contributed by atoms with van der Waals surface area (Å²) < 4.78 is 7.54. The van der Waals surface area contributed by atoms with Crippen molar-refractivity contribution in [2.24, 2.45) is 5.92 Å². The number of carbonyl (C=O) groups is 3. The van der Waals surface area contributed by atoms with Crippen LogP contribution in [0, 0.1) is 5.92 Å². The van der Waals surface area contributed by atoms with Gasteiger partial charge in [0, 0.05) is 37.3 Å². The molecule has 0 atom stereocenters. The molecule has 3 heterocycles. The number of likely N-dealkylation sites (tertiary alicyclic amines) is 1. The van der Waals surface area contributed by atoms with Gasteiger partial charge in [0.1, 0.15) is 5.60 Å². The Kier molecular flexibility index (Phi) is 5.70. The molecular weight excluding hydrogens is 432 g/mol. The zero-order chi connectivity index (χ0) is 24.0. The smallest absolute Gasteiger partial charge is 0.410 e. The minimum absolute atomic E-state index is 0.204. The van der Waals surface area contributed by atoms with Gasteiger partial charge < -0.3 is 9.64 Å². The lowest BCUT2D eigenvalue weighted by Crippen LogP contribution is -2.41. The van der Waals surface area contributed by atoms with Crippen molar-refractivity contribution in [2.75, 3.05) is 18.0 Å². The largest absolute Gasteiger partial charge is 0.444 e. The third kappa shape index (κ3) is 4.21. The van der Waals surface area contributed by atoms with Crippen molar-refractivity contribution in [3.8, 4) is 0 Å². The molecule has 0 bridgehead atoms. The lowest BCUT2D eigenvalue weighted by Gasteiger charge is -2.34. The molecule has 3 aliphatic rings. The van der Waals surface area contributed by atoms with E-state index in [9.17, 15) is 14.4 Å². The van der Waals surface area contributed by atoms with Gasteiger partial charge in [0.25, 0.3) is 11.8 Å². The van der Waals surface area contributed by atoms with E-state index in [0.717, 1.165) is 25.1 Å². The summed E-state index contributed by atoms with van der Waals surface area (Å²) in [6.07, 6.45) is 4.90. The molecule has 1 saturated carbocycles. The van der Waals surface area contributed by atoms with Gasteiger partial charge in [0.15, 0.2) is 5.82 Å². The molecule has 1 aliphatic carbocycles. The van der Waals surface area contributed by atoms with Crippen LogP contribution in [0.3, 0.4) is 0 Å². The second-order valence-electron chi connectivity index (χ2n) is 10.6. The monoisotopic (exact) mass is 464 g/mol. The Labute approximate surface area is 199 Å². The second kappa shape index (κ2) is 8.56. The molecule has 0 unspecified atom stereocenters. The maximum Gasteiger partial charge on any atom is 0.410 e. The Morgan fingerprint density at radius 2 is 1.65 bits per heavy atom. The first-order valence-electron chi connectivity index (χ1n) is 12.2. The predicted molar refractivity (Wildman–Crippen MR) is 127 cm³/mol. The molecule has 2 aromatic rings. The third-order valence-corrected chi connectivity index (χ3v) is 7.04. The van der Waals surface area contributed by atoms with Crippen molar-refractivity contribution in [2.45, 2.75) is 70.9 Å². The SMILES string of the molecule is CC(C)(C)OC(=O)N1CCC(c2cc(N3C(=O)c4ccccc4C3=O)nn2CC2CCC2)CC1. The number of benzene rings is 1. The van der Waals surface area contributed by atoms with E-state index in [1.165, 1.54) is 24.2 Å². The van der Waals surface area contributed by atoms with Gasteiger partial charge in [-0.05, 0) is 64.5 Å². The average molecular weight is 465 g/mol. The first-order valence-corrected chi connectivity index (χ1v) is 12.2. The molecule has 8 heteroatoms. The Morgan fingerprint density at radius 1 is 1.03 bits per heavy atom. The fraction of sp³-hybridized carbons (Fsp3) is 0.538. The van der Waals surface area contributed by atoms with Crippen molar-refractivity contribution in [1.29, 1.82) is 0 Å². The molecule has 2 aliphatic heterocycles. The highest BCUT2D eigenvalue weighted by Crippen LogP contribution is 2.36. The number of carbonyl (C=O) groups excluding carboxylic acids is 3. The van der Waals surface area contributed by atoms with E-state index in [1.54, 1.807) is 29.2 Å². The fourth-order valence-corrected chi connectivity index (χ4v) is 5.00. The number of aromatic nitrogens is 2. The number of imide groups is 1. The summed E-state index contributed by atoms with van der Waals surface area (Å²) in [5, 5.41) is 4.77. The first kappa shape index (κ1) is 22.6. The van der Waals surface area contributed by atoms with Crippen LogP contribution in [0.1, 0.15) is 85.2 Å². The molecule has 1 aromatic heterocycles. The van der Waals surface area contributed by atoms with Gasteiger partial charge in [-0.15, -0.1) is 0 Å². The van der Waals surface area contributed by atoms with E-state index in [1.807, 2.05) is 31.5 Å². The van der Waals surface area contributed by atoms with E-state index < -0.39 is 5.60 Å². The summed E-state index contributed by atoms with van der Waals surface area (Å²) in [5.74, 6) is 0.543. The zero-order valence-electron chi connectivity index (χ0n) is 20.1. The quantitative estimate of drug-likeness (QED) is 0.618. The average Bonchev–Trinajstić information content (AvgIpc) is 3.28. The summed E-state index contributed by atoms with van der Waals surface area (Å²) in [7, 11) is 0. The Balaban J connectivity index is 1.37. The van der Waals surface area contributed by atoms with E-state index in [2.05, 4.69) is 0 Å². The van der Waals surface area contributed by atoms with Crippen molar-refractivity contribution >= 4 is 23.7 Å². The summed E-state index contributed by atoms with van der Waals surface area (Å²) in [6.45, 7) is 7.63. The maximum absolute atomic E-state index is 13.0. The van der Waals surface area contributed by atoms with Gasteiger partial charge in [0.05, 0.1) is 11.1 Å². The van der Waals surface area contributed by atoms with Crippen LogP contribution in [-0.4, -0.2) is 51.3 Å². The lowest BCUT2D eigenvalue weighted by molar-refractivity contribution is 0.0202. The zero-order valence-corrected chi connectivity index (χ0v) is 20.1. The minimum atomic E-state index is -0.517. The van der Waals surface area contributed by atoms with Crippen LogP contribution >= 0.6 is 0 Å². The highest BCUT2D eigenvalue weighted by Gasteiger charge is 2.39. The molecule has 180 valence electrons. The molecule has 2 fully saturated rings. The standard InChI is InChI=1S/C26H32N4O4/c1-26(2,3)34-25(33)28-13-11-18(12-14-28)21-15-22(27-29(21)16-17-7-6-8-17)30-23(31)19-9-4-5-10-20(19)24(30)32/h4-5,9-10,15,17-18H,6-8,11-14,16H2,1-3H3. The Morgan fingerprint density at radius 3 is 2.18 bits per heavy atom. The molecule has 3 amide bonds. The van der Waals surface area contributed by atoms with Crippen LogP contribution in [0.4, 0.5) is 10.6 Å². The number of anilines is 1. The van der Waals surface area contributed by atoms with Gasteiger partial charge in [-0.3, -0.25) is 14.3 Å². The lowest BCUT2D eigenvalue weighted by atomic mass is 9.85. The van der Waals surface area contributed by atoms with Crippen molar-refractivity contribution in [3.05, 3.63) is 47.2 Å². The molecule has 0 spiro atoms. The highest BCUT2D eigenvalue weighted by molar-refractivity contribution is 6.34. The van der Waals surface area contributed by atoms with Gasteiger partial charge in [-0.2, -0.15) is 5.10 Å². The summed E-state index contributed by atoms with van der Waals surface area (Å²) in [5.41, 5.74) is 1.38. The number of hydrogen-bond acceptors (Lipinski definition) is 5. The summed E-state index contributed by atoms with van der Waals surface area (Å²) in [6, 6.07) is 8.83. The molecule has 0 N–H and O–H groups in total. The van der Waals surface area contributed by atoms with Crippen molar-refractivity contribution in [3.63, 3.8) is 0 Å². The predicted octanol–water partition coefficient (Wildman–Crippen LogP) is 4.60. The number of rotatable bonds is 4. The van der Waals surface area contributed by atoms with Crippen molar-refractivity contribution in [1.82, 2.24) is 14.7 Å². The number of fused-ring (bicyclic) bond motifs is 1. The van der Waals surface area contributed by atoms with Crippen molar-refractivity contribution < 1.29 is 19.1 Å². The van der Waals surface area contributed by atoms with E-state index in [-0.39, 0.29) is 23.8 Å².